The van der Waals surface area contributed by atoms with Crippen molar-refractivity contribution in [1.82, 2.24) is 0 Å². The molecule has 0 aliphatic heterocycles. The second-order valence-electron chi connectivity index (χ2n) is 1.27. The SMILES string of the molecule is N#C/C=C\CSC(N)=NCl. The minimum Gasteiger partial charge on any atom is -0.377 e. The lowest BCUT2D eigenvalue weighted by Gasteiger charge is -1.89. The Labute approximate surface area is 68.7 Å². The Kier molecular flexibility index (Phi) is 6.03. The molecule has 0 aromatic rings. The molecule has 0 bridgehead atoms. The van der Waals surface area contributed by atoms with Gasteiger partial charge in [0.1, 0.15) is 0 Å². The van der Waals surface area contributed by atoms with Crippen LogP contribution in [0.2, 0.25) is 0 Å². The molecule has 0 unspecified atom stereocenters. The van der Waals surface area contributed by atoms with Crippen LogP contribution in [-0.2, 0) is 0 Å². The standard InChI is InChI=1S/C5H6ClN3S/c6-9-5(8)10-4-2-1-3-7/h1-2H,4H2,(H2,8,9)/b2-1-. The Bertz CT molecular complexity index is 182. The molecular formula is C5H6ClN3S. The summed E-state index contributed by atoms with van der Waals surface area (Å²) in [6.45, 7) is 0. The molecule has 0 saturated heterocycles. The molecule has 0 aromatic heterocycles. The largest absolute Gasteiger partial charge is 0.377 e. The smallest absolute Gasteiger partial charge is 0.172 e. The van der Waals surface area contributed by atoms with E-state index in [4.69, 9.17) is 22.8 Å². The van der Waals surface area contributed by atoms with Crippen molar-refractivity contribution in [1.29, 1.82) is 5.26 Å². The minimum absolute atomic E-state index is 0.309. The molecule has 0 aliphatic carbocycles. The Morgan fingerprint density at radius 1 is 1.90 bits per heavy atom. The van der Waals surface area contributed by atoms with E-state index in [1.807, 2.05) is 6.07 Å². The van der Waals surface area contributed by atoms with Gasteiger partial charge in [-0.3, -0.25) is 0 Å². The molecule has 0 radical (unpaired) electrons. The maximum Gasteiger partial charge on any atom is 0.172 e. The van der Waals surface area contributed by atoms with Crippen LogP contribution in [-0.4, -0.2) is 10.9 Å². The normalized spacial score (nSPS) is 11.8. The van der Waals surface area contributed by atoms with E-state index >= 15 is 0 Å². The summed E-state index contributed by atoms with van der Waals surface area (Å²) in [6, 6.07) is 1.85. The first-order valence-corrected chi connectivity index (χ1v) is 3.75. The molecule has 0 spiro atoms. The van der Waals surface area contributed by atoms with Crippen LogP contribution in [0.5, 0.6) is 0 Å². The zero-order valence-corrected chi connectivity index (χ0v) is 6.69. The van der Waals surface area contributed by atoms with Crippen LogP contribution < -0.4 is 5.73 Å². The molecule has 0 saturated carbocycles. The van der Waals surface area contributed by atoms with Gasteiger partial charge in [-0.05, 0) is 0 Å². The topological polar surface area (TPSA) is 62.2 Å². The van der Waals surface area contributed by atoms with Gasteiger partial charge in [-0.15, -0.1) is 0 Å². The fourth-order valence-corrected chi connectivity index (χ4v) is 0.817. The molecule has 0 rings (SSSR count). The van der Waals surface area contributed by atoms with E-state index < -0.39 is 0 Å². The molecule has 5 heteroatoms. The number of nitrogens with zero attached hydrogens (tertiary/aromatic N) is 2. The van der Waals surface area contributed by atoms with Crippen LogP contribution in [0.1, 0.15) is 0 Å². The number of hydrogen-bond donors (Lipinski definition) is 1. The zero-order valence-electron chi connectivity index (χ0n) is 5.12. The quantitative estimate of drug-likeness (QED) is 0.391. The summed E-state index contributed by atoms with van der Waals surface area (Å²) in [7, 11) is 0. The van der Waals surface area contributed by atoms with E-state index in [1.54, 1.807) is 6.08 Å². The lowest BCUT2D eigenvalue weighted by molar-refractivity contribution is 1.53. The van der Waals surface area contributed by atoms with Crippen LogP contribution in [0.4, 0.5) is 0 Å². The molecule has 0 fully saturated rings. The van der Waals surface area contributed by atoms with Crippen LogP contribution in [0, 0.1) is 11.3 Å². The lowest BCUT2D eigenvalue weighted by atomic mass is 10.6. The molecule has 3 nitrogen and oxygen atoms in total. The number of hydrogen-bond acceptors (Lipinski definition) is 3. The van der Waals surface area contributed by atoms with Crippen LogP contribution in [0.3, 0.4) is 0 Å². The number of rotatable bonds is 2. The number of nitriles is 1. The van der Waals surface area contributed by atoms with Gasteiger partial charge in [0.15, 0.2) is 5.17 Å². The molecule has 10 heavy (non-hydrogen) atoms. The third-order valence-corrected chi connectivity index (χ3v) is 1.63. The Morgan fingerprint density at radius 3 is 3.10 bits per heavy atom. The van der Waals surface area contributed by atoms with Crippen molar-refractivity contribution >= 4 is 28.7 Å². The highest BCUT2D eigenvalue weighted by atomic mass is 35.5. The van der Waals surface area contributed by atoms with E-state index in [0.29, 0.717) is 10.9 Å². The number of allylic oxidation sites excluding steroid dienone is 1. The summed E-state index contributed by atoms with van der Waals surface area (Å²) in [5.74, 6) is 0.621. The average molecular weight is 176 g/mol. The first kappa shape index (κ1) is 9.34. The zero-order chi connectivity index (χ0) is 7.82. The van der Waals surface area contributed by atoms with Crippen molar-refractivity contribution < 1.29 is 0 Å². The van der Waals surface area contributed by atoms with E-state index in [1.165, 1.54) is 17.8 Å². The summed E-state index contributed by atoms with van der Waals surface area (Å²) in [6.07, 6.45) is 3.06. The highest BCUT2D eigenvalue weighted by Crippen LogP contribution is 2.00. The van der Waals surface area contributed by atoms with Crippen molar-refractivity contribution in [2.45, 2.75) is 0 Å². The first-order chi connectivity index (χ1) is 4.81. The maximum absolute atomic E-state index is 8.06. The molecule has 0 heterocycles. The van der Waals surface area contributed by atoms with E-state index in [9.17, 15) is 0 Å². The second kappa shape index (κ2) is 6.46. The van der Waals surface area contributed by atoms with Crippen molar-refractivity contribution in [3.05, 3.63) is 12.2 Å². The van der Waals surface area contributed by atoms with Crippen LogP contribution in [0.15, 0.2) is 16.7 Å². The van der Waals surface area contributed by atoms with Gasteiger partial charge in [0.2, 0.25) is 0 Å². The summed E-state index contributed by atoms with van der Waals surface area (Å²) < 4.78 is 3.20. The van der Waals surface area contributed by atoms with Gasteiger partial charge in [0.05, 0.1) is 6.07 Å². The van der Waals surface area contributed by atoms with Crippen LogP contribution >= 0.6 is 23.5 Å². The summed E-state index contributed by atoms with van der Waals surface area (Å²) in [5, 5.41) is 8.36. The highest BCUT2D eigenvalue weighted by Gasteiger charge is 1.87. The van der Waals surface area contributed by atoms with Gasteiger partial charge in [-0.1, -0.05) is 17.8 Å². The highest BCUT2D eigenvalue weighted by molar-refractivity contribution is 8.13. The van der Waals surface area contributed by atoms with Gasteiger partial charge in [0.25, 0.3) is 0 Å². The molecule has 0 aromatic carbocycles. The molecular weight excluding hydrogens is 170 g/mol. The molecule has 0 atom stereocenters. The van der Waals surface area contributed by atoms with Gasteiger partial charge < -0.3 is 5.73 Å². The monoisotopic (exact) mass is 175 g/mol. The predicted octanol–water partition coefficient (Wildman–Crippen LogP) is 1.27. The maximum atomic E-state index is 8.06. The van der Waals surface area contributed by atoms with E-state index in [2.05, 4.69) is 4.51 Å². The second-order valence-corrected chi connectivity index (χ2v) is 2.47. The first-order valence-electron chi connectivity index (χ1n) is 2.43. The Morgan fingerprint density at radius 2 is 2.60 bits per heavy atom. The van der Waals surface area contributed by atoms with Gasteiger partial charge in [-0.2, -0.15) is 9.77 Å². The molecule has 0 amide bonds. The lowest BCUT2D eigenvalue weighted by Crippen LogP contribution is -2.04. The van der Waals surface area contributed by atoms with Crippen molar-refractivity contribution in [3.63, 3.8) is 0 Å². The molecule has 54 valence electrons. The van der Waals surface area contributed by atoms with Crippen molar-refractivity contribution in [2.75, 3.05) is 5.75 Å². The van der Waals surface area contributed by atoms with Gasteiger partial charge in [-0.25, -0.2) is 0 Å². The van der Waals surface area contributed by atoms with E-state index in [0.717, 1.165) is 0 Å². The fourth-order valence-electron chi connectivity index (χ4n) is 0.259. The number of thioether (sulfide) groups is 1. The number of amidine groups is 1. The van der Waals surface area contributed by atoms with Crippen LogP contribution in [0.25, 0.3) is 0 Å². The molecule has 2 N–H and O–H groups in total. The van der Waals surface area contributed by atoms with Crippen molar-refractivity contribution in [2.24, 2.45) is 10.2 Å². The number of nitrogens with two attached hydrogens (primary N) is 1. The van der Waals surface area contributed by atoms with Gasteiger partial charge >= 0.3 is 0 Å². The number of halogens is 1. The summed E-state index contributed by atoms with van der Waals surface area (Å²) in [5.41, 5.74) is 5.22. The predicted molar refractivity (Wildman–Crippen MR) is 44.7 cm³/mol. The summed E-state index contributed by atoms with van der Waals surface area (Å²) >= 11 is 6.29. The summed E-state index contributed by atoms with van der Waals surface area (Å²) in [4.78, 5) is 0. The third kappa shape index (κ3) is 5.48. The Balaban J connectivity index is 3.39. The third-order valence-electron chi connectivity index (χ3n) is 0.603. The average Bonchev–Trinajstić information content (AvgIpc) is 1.98. The van der Waals surface area contributed by atoms with Gasteiger partial charge in [0, 0.05) is 23.6 Å². The Hall–Kier alpha value is -0.660. The molecule has 0 aliphatic rings. The van der Waals surface area contributed by atoms with E-state index in [-0.39, 0.29) is 0 Å². The van der Waals surface area contributed by atoms with Crippen molar-refractivity contribution in [3.8, 4) is 6.07 Å². The fraction of sp³-hybridized carbons (Fsp3) is 0.200. The minimum atomic E-state index is 0.309.